The molecule has 1 fully saturated rings. The third-order valence-corrected chi connectivity index (χ3v) is 4.43. The van der Waals surface area contributed by atoms with E-state index in [4.69, 9.17) is 16.3 Å². The highest BCUT2D eigenvalue weighted by Crippen LogP contribution is 2.28. The summed E-state index contributed by atoms with van der Waals surface area (Å²) in [5, 5.41) is 13.0. The van der Waals surface area contributed by atoms with Gasteiger partial charge in [0.05, 0.1) is 5.52 Å². The van der Waals surface area contributed by atoms with Gasteiger partial charge in [0, 0.05) is 37.8 Å². The number of carbonyl (C=O) groups excluding carboxylic acids is 1. The molecule has 1 atom stereocenters. The van der Waals surface area contributed by atoms with Gasteiger partial charge in [0.2, 0.25) is 0 Å². The molecule has 2 aromatic rings. The fourth-order valence-electron chi connectivity index (χ4n) is 3.06. The Morgan fingerprint density at radius 2 is 2.16 bits per heavy atom. The molecule has 1 aliphatic heterocycles. The molecule has 1 aliphatic rings. The number of nitrogens with one attached hydrogen (secondary N) is 1. The number of halogens is 1. The fraction of sp³-hybridized carbons (Fsp3) is 0.588. The molecule has 0 unspecified atom stereocenters. The largest absolute Gasteiger partial charge is 0.444 e. The quantitative estimate of drug-likeness (QED) is 0.882. The molecule has 0 radical (unpaired) electrons. The van der Waals surface area contributed by atoms with Crippen molar-refractivity contribution in [2.45, 2.75) is 45.3 Å². The second kappa shape index (κ2) is 6.71. The number of anilines is 1. The molecule has 0 bridgehead atoms. The summed E-state index contributed by atoms with van der Waals surface area (Å²) < 4.78 is 7.40. The molecule has 25 heavy (non-hydrogen) atoms. The van der Waals surface area contributed by atoms with Crippen LogP contribution in [-0.2, 0) is 11.8 Å². The second-order valence-electron chi connectivity index (χ2n) is 7.44. The number of amides is 1. The summed E-state index contributed by atoms with van der Waals surface area (Å²) >= 11 is 6.15. The third-order valence-electron chi connectivity index (χ3n) is 4.17. The summed E-state index contributed by atoms with van der Waals surface area (Å²) in [5.74, 6) is 0.691. The lowest BCUT2D eigenvalue weighted by Gasteiger charge is -2.34. The molecule has 0 spiro atoms. The van der Waals surface area contributed by atoms with Crippen molar-refractivity contribution in [1.29, 1.82) is 0 Å². The molecule has 3 rings (SSSR count). The number of likely N-dealkylation sites (tertiary alicyclic amines) is 1. The van der Waals surface area contributed by atoms with Crippen LogP contribution in [0, 0.1) is 0 Å². The molecule has 0 aromatic carbocycles. The first-order valence-corrected chi connectivity index (χ1v) is 8.84. The molecule has 136 valence electrons. The predicted octanol–water partition coefficient (Wildman–Crippen LogP) is 3.43. The monoisotopic (exact) mass is 365 g/mol. The van der Waals surface area contributed by atoms with Crippen molar-refractivity contribution in [3.05, 3.63) is 17.4 Å². The fourth-order valence-corrected chi connectivity index (χ4v) is 3.33. The van der Waals surface area contributed by atoms with E-state index in [9.17, 15) is 4.79 Å². The van der Waals surface area contributed by atoms with Crippen molar-refractivity contribution in [2.75, 3.05) is 18.4 Å². The zero-order valence-electron chi connectivity index (χ0n) is 15.0. The Morgan fingerprint density at radius 1 is 1.40 bits per heavy atom. The highest BCUT2D eigenvalue weighted by molar-refractivity contribution is 6.34. The zero-order chi connectivity index (χ0) is 18.2. The van der Waals surface area contributed by atoms with Crippen LogP contribution in [0.2, 0.25) is 5.15 Å². The highest BCUT2D eigenvalue weighted by atomic mass is 35.5. The van der Waals surface area contributed by atoms with Crippen LogP contribution in [0.5, 0.6) is 0 Å². The summed E-state index contributed by atoms with van der Waals surface area (Å²) in [6.45, 7) is 6.91. The van der Waals surface area contributed by atoms with Crippen molar-refractivity contribution in [3.63, 3.8) is 0 Å². The maximum Gasteiger partial charge on any atom is 0.410 e. The van der Waals surface area contributed by atoms with Gasteiger partial charge in [0.15, 0.2) is 11.0 Å². The van der Waals surface area contributed by atoms with Gasteiger partial charge in [-0.3, -0.25) is 0 Å². The molecule has 2 aromatic heterocycles. The second-order valence-corrected chi connectivity index (χ2v) is 7.80. The first kappa shape index (κ1) is 17.8. The first-order chi connectivity index (χ1) is 11.7. The molecular formula is C17H24ClN5O2. The van der Waals surface area contributed by atoms with Gasteiger partial charge in [0.1, 0.15) is 5.60 Å². The smallest absolute Gasteiger partial charge is 0.410 e. The number of ether oxygens (including phenoxy) is 1. The summed E-state index contributed by atoms with van der Waals surface area (Å²) in [5.41, 5.74) is 0.356. The first-order valence-electron chi connectivity index (χ1n) is 8.46. The van der Waals surface area contributed by atoms with E-state index in [0.29, 0.717) is 24.1 Å². The Kier molecular flexibility index (Phi) is 4.77. The van der Waals surface area contributed by atoms with Crippen molar-refractivity contribution in [1.82, 2.24) is 19.7 Å². The Bertz CT molecular complexity index is 783. The Balaban J connectivity index is 1.73. The molecule has 0 aliphatic carbocycles. The van der Waals surface area contributed by atoms with Crippen LogP contribution in [0.25, 0.3) is 10.9 Å². The van der Waals surface area contributed by atoms with E-state index in [2.05, 4.69) is 15.5 Å². The number of aryl methyl sites for hydroxylation is 1. The average Bonchev–Trinajstić information content (AvgIpc) is 2.92. The molecule has 0 saturated carbocycles. The topological polar surface area (TPSA) is 72.3 Å². The SMILES string of the molecule is Cn1ccc2c(N[C@@H]3CCCN(C(=O)OC(C)(C)C)C3)nnc(Cl)c21. The molecule has 1 saturated heterocycles. The summed E-state index contributed by atoms with van der Waals surface area (Å²) in [4.78, 5) is 14.0. The normalized spacial score (nSPS) is 18.4. The Hall–Kier alpha value is -2.02. The minimum absolute atomic E-state index is 0.0974. The van der Waals surface area contributed by atoms with E-state index >= 15 is 0 Å². The number of piperidine rings is 1. The number of carbonyl (C=O) groups is 1. The maximum absolute atomic E-state index is 12.3. The van der Waals surface area contributed by atoms with E-state index in [1.807, 2.05) is 44.6 Å². The number of aromatic nitrogens is 3. The minimum Gasteiger partial charge on any atom is -0.444 e. The maximum atomic E-state index is 12.3. The van der Waals surface area contributed by atoms with Gasteiger partial charge in [-0.15, -0.1) is 10.2 Å². The predicted molar refractivity (Wildman–Crippen MR) is 98.0 cm³/mol. The van der Waals surface area contributed by atoms with Crippen molar-refractivity contribution >= 4 is 34.4 Å². The summed E-state index contributed by atoms with van der Waals surface area (Å²) in [6, 6.07) is 2.06. The lowest BCUT2D eigenvalue weighted by Crippen LogP contribution is -2.47. The van der Waals surface area contributed by atoms with Crippen LogP contribution in [0.15, 0.2) is 12.3 Å². The standard InChI is InChI=1S/C17H24ClN5O2/c1-17(2,3)25-16(24)23-8-5-6-11(10-23)19-15-12-7-9-22(4)13(12)14(18)20-21-15/h7,9,11H,5-6,8,10H2,1-4H3,(H,19,21)/t11-/m1/s1. The summed E-state index contributed by atoms with van der Waals surface area (Å²) in [7, 11) is 1.92. The van der Waals surface area contributed by atoms with Crippen molar-refractivity contribution in [2.24, 2.45) is 7.05 Å². The van der Waals surface area contributed by atoms with E-state index in [0.717, 1.165) is 23.7 Å². The minimum atomic E-state index is -0.491. The number of fused-ring (bicyclic) bond motifs is 1. The van der Waals surface area contributed by atoms with Crippen LogP contribution >= 0.6 is 11.6 Å². The van der Waals surface area contributed by atoms with E-state index in [1.54, 1.807) is 4.90 Å². The third kappa shape index (κ3) is 3.98. The number of nitrogens with zero attached hydrogens (tertiary/aromatic N) is 4. The summed E-state index contributed by atoms with van der Waals surface area (Å²) in [6.07, 6.45) is 3.53. The van der Waals surface area contributed by atoms with Crippen LogP contribution in [0.4, 0.5) is 10.6 Å². The van der Waals surface area contributed by atoms with Crippen molar-refractivity contribution < 1.29 is 9.53 Å². The van der Waals surface area contributed by atoms with Crippen molar-refractivity contribution in [3.8, 4) is 0 Å². The molecule has 7 nitrogen and oxygen atoms in total. The molecule has 1 N–H and O–H groups in total. The van der Waals surface area contributed by atoms with Crippen LogP contribution < -0.4 is 5.32 Å². The van der Waals surface area contributed by atoms with Crippen LogP contribution in [0.1, 0.15) is 33.6 Å². The van der Waals surface area contributed by atoms with Gasteiger partial charge in [-0.1, -0.05) is 11.6 Å². The van der Waals surface area contributed by atoms with Gasteiger partial charge in [-0.25, -0.2) is 4.79 Å². The van der Waals surface area contributed by atoms with E-state index in [-0.39, 0.29) is 12.1 Å². The van der Waals surface area contributed by atoms with Gasteiger partial charge in [-0.05, 0) is 39.7 Å². The van der Waals surface area contributed by atoms with E-state index < -0.39 is 5.60 Å². The van der Waals surface area contributed by atoms with Gasteiger partial charge >= 0.3 is 6.09 Å². The highest BCUT2D eigenvalue weighted by Gasteiger charge is 2.28. The number of hydrogen-bond donors (Lipinski definition) is 1. The van der Waals surface area contributed by atoms with Gasteiger partial charge in [-0.2, -0.15) is 0 Å². The van der Waals surface area contributed by atoms with Crippen LogP contribution in [-0.4, -0.2) is 50.5 Å². The zero-order valence-corrected chi connectivity index (χ0v) is 15.8. The lowest BCUT2D eigenvalue weighted by molar-refractivity contribution is 0.0206. The Morgan fingerprint density at radius 3 is 2.88 bits per heavy atom. The molecule has 3 heterocycles. The lowest BCUT2D eigenvalue weighted by atomic mass is 10.1. The average molecular weight is 366 g/mol. The molecular weight excluding hydrogens is 342 g/mol. The number of hydrogen-bond acceptors (Lipinski definition) is 5. The van der Waals surface area contributed by atoms with E-state index in [1.165, 1.54) is 0 Å². The Labute approximate surface area is 152 Å². The molecule has 8 heteroatoms. The van der Waals surface area contributed by atoms with Gasteiger partial charge in [0.25, 0.3) is 0 Å². The van der Waals surface area contributed by atoms with Gasteiger partial charge < -0.3 is 19.5 Å². The molecule has 1 amide bonds. The van der Waals surface area contributed by atoms with Crippen LogP contribution in [0.3, 0.4) is 0 Å². The number of rotatable bonds is 2.